The third-order valence-corrected chi connectivity index (χ3v) is 5.88. The molecular weight excluding hydrogens is 298 g/mol. The van der Waals surface area contributed by atoms with Crippen molar-refractivity contribution in [2.75, 3.05) is 24.6 Å². The number of benzene rings is 1. The number of fused-ring (bicyclic) bond motifs is 1. The number of sulfone groups is 1. The minimum Gasteiger partial charge on any atom is -0.327 e. The van der Waals surface area contributed by atoms with Gasteiger partial charge >= 0.3 is 0 Å². The van der Waals surface area contributed by atoms with E-state index in [1.165, 1.54) is 5.52 Å². The Bertz CT molecular complexity index is 738. The van der Waals surface area contributed by atoms with Gasteiger partial charge in [-0.1, -0.05) is 25.5 Å². The highest BCUT2D eigenvalue weighted by atomic mass is 32.2. The summed E-state index contributed by atoms with van der Waals surface area (Å²) in [5, 5.41) is 0. The maximum Gasteiger partial charge on any atom is 0.152 e. The summed E-state index contributed by atoms with van der Waals surface area (Å²) in [6.07, 6.45) is 2.27. The maximum atomic E-state index is 11.6. The normalized spacial score (nSPS) is 18.8. The molecule has 2 aromatic rings. The van der Waals surface area contributed by atoms with E-state index in [1.54, 1.807) is 0 Å². The molecule has 3 rings (SSSR count). The number of unbranched alkanes of at least 4 members (excludes halogenated alkanes) is 1. The van der Waals surface area contributed by atoms with Gasteiger partial charge in [-0.05, 0) is 18.6 Å². The highest BCUT2D eigenvalue weighted by Gasteiger charge is 2.23. The predicted molar refractivity (Wildman–Crippen MR) is 88.6 cm³/mol. The van der Waals surface area contributed by atoms with Crippen LogP contribution in [0.1, 0.15) is 25.6 Å². The van der Waals surface area contributed by atoms with E-state index in [0.29, 0.717) is 13.1 Å². The molecule has 6 heteroatoms. The molecule has 0 bridgehead atoms. The zero-order valence-electron chi connectivity index (χ0n) is 13.0. The third kappa shape index (κ3) is 3.33. The first-order valence-corrected chi connectivity index (χ1v) is 9.78. The van der Waals surface area contributed by atoms with Crippen molar-refractivity contribution in [1.82, 2.24) is 14.5 Å². The van der Waals surface area contributed by atoms with Crippen LogP contribution in [0.15, 0.2) is 24.3 Å². The maximum absolute atomic E-state index is 11.6. The average Bonchev–Trinajstić information content (AvgIpc) is 2.84. The summed E-state index contributed by atoms with van der Waals surface area (Å²) in [6, 6.07) is 8.21. The van der Waals surface area contributed by atoms with Crippen LogP contribution in [0.3, 0.4) is 0 Å². The number of rotatable bonds is 5. The Morgan fingerprint density at radius 3 is 2.64 bits per heavy atom. The molecular formula is C16H23N3O2S. The lowest BCUT2D eigenvalue weighted by atomic mass is 10.3. The monoisotopic (exact) mass is 321 g/mol. The number of hydrogen-bond donors (Lipinski definition) is 0. The molecule has 2 heterocycles. The van der Waals surface area contributed by atoms with Crippen LogP contribution in [0.2, 0.25) is 0 Å². The van der Waals surface area contributed by atoms with Crippen molar-refractivity contribution in [1.29, 1.82) is 0 Å². The van der Waals surface area contributed by atoms with E-state index < -0.39 is 9.84 Å². The van der Waals surface area contributed by atoms with Gasteiger partial charge in [-0.3, -0.25) is 4.90 Å². The highest BCUT2D eigenvalue weighted by Crippen LogP contribution is 2.19. The molecule has 0 spiro atoms. The fourth-order valence-corrected chi connectivity index (χ4v) is 4.20. The first-order chi connectivity index (χ1) is 10.6. The Hall–Kier alpha value is -1.40. The second-order valence-corrected chi connectivity index (χ2v) is 8.25. The van der Waals surface area contributed by atoms with Crippen LogP contribution in [-0.4, -0.2) is 47.5 Å². The lowest BCUT2D eigenvalue weighted by molar-refractivity contribution is 0.276. The summed E-state index contributed by atoms with van der Waals surface area (Å²) in [5.74, 6) is 1.58. The van der Waals surface area contributed by atoms with Crippen molar-refractivity contribution < 1.29 is 8.42 Å². The fraction of sp³-hybridized carbons (Fsp3) is 0.562. The summed E-state index contributed by atoms with van der Waals surface area (Å²) in [4.78, 5) is 6.97. The van der Waals surface area contributed by atoms with Crippen LogP contribution >= 0.6 is 0 Å². The Morgan fingerprint density at radius 2 is 1.91 bits per heavy atom. The van der Waals surface area contributed by atoms with Gasteiger partial charge in [0.15, 0.2) is 9.84 Å². The molecule has 120 valence electrons. The molecule has 1 fully saturated rings. The number of para-hydroxylation sites is 2. The van der Waals surface area contributed by atoms with Gasteiger partial charge in [0.05, 0.1) is 29.1 Å². The molecule has 0 unspecified atom stereocenters. The van der Waals surface area contributed by atoms with Crippen molar-refractivity contribution in [2.45, 2.75) is 32.9 Å². The van der Waals surface area contributed by atoms with Gasteiger partial charge in [0.2, 0.25) is 0 Å². The topological polar surface area (TPSA) is 55.2 Å². The van der Waals surface area contributed by atoms with Crippen molar-refractivity contribution >= 4 is 20.9 Å². The van der Waals surface area contributed by atoms with Crippen LogP contribution in [0.4, 0.5) is 0 Å². The molecule has 0 amide bonds. The molecule has 0 N–H and O–H groups in total. The summed E-state index contributed by atoms with van der Waals surface area (Å²) >= 11 is 0. The van der Waals surface area contributed by atoms with Gasteiger partial charge in [-0.2, -0.15) is 0 Å². The molecule has 22 heavy (non-hydrogen) atoms. The van der Waals surface area contributed by atoms with Crippen LogP contribution in [0.25, 0.3) is 11.0 Å². The summed E-state index contributed by atoms with van der Waals surface area (Å²) in [5.41, 5.74) is 2.20. The molecule has 0 aliphatic carbocycles. The third-order valence-electron chi connectivity index (χ3n) is 4.27. The van der Waals surface area contributed by atoms with Crippen molar-refractivity contribution in [3.05, 3.63) is 30.1 Å². The van der Waals surface area contributed by atoms with Gasteiger partial charge in [-0.25, -0.2) is 13.4 Å². The Balaban J connectivity index is 1.83. The molecule has 1 aromatic heterocycles. The zero-order valence-corrected chi connectivity index (χ0v) is 13.8. The largest absolute Gasteiger partial charge is 0.327 e. The number of aromatic nitrogens is 2. The molecule has 1 aliphatic rings. The summed E-state index contributed by atoms with van der Waals surface area (Å²) in [7, 11) is -2.83. The lowest BCUT2D eigenvalue weighted by Gasteiger charge is -2.26. The van der Waals surface area contributed by atoms with Crippen molar-refractivity contribution in [2.24, 2.45) is 0 Å². The number of hydrogen-bond acceptors (Lipinski definition) is 4. The van der Waals surface area contributed by atoms with E-state index in [9.17, 15) is 8.42 Å². The molecule has 0 atom stereocenters. The second kappa shape index (κ2) is 6.38. The van der Waals surface area contributed by atoms with Gasteiger partial charge in [0, 0.05) is 19.6 Å². The quantitative estimate of drug-likeness (QED) is 0.846. The van der Waals surface area contributed by atoms with Crippen molar-refractivity contribution in [3.8, 4) is 0 Å². The standard InChI is InChI=1S/C16H23N3O2S/c1-2-3-8-19-15-7-5-4-6-14(15)17-16(19)13-18-9-11-22(20,21)12-10-18/h4-7H,2-3,8-13H2,1H3. The molecule has 5 nitrogen and oxygen atoms in total. The smallest absolute Gasteiger partial charge is 0.152 e. The molecule has 1 saturated heterocycles. The van der Waals surface area contributed by atoms with Gasteiger partial charge in [0.1, 0.15) is 5.82 Å². The highest BCUT2D eigenvalue weighted by molar-refractivity contribution is 7.91. The number of aryl methyl sites for hydroxylation is 1. The Labute approximate surface area is 131 Å². The minimum atomic E-state index is -2.83. The summed E-state index contributed by atoms with van der Waals surface area (Å²) in [6.45, 7) is 5.11. The number of nitrogens with zero attached hydrogens (tertiary/aromatic N) is 3. The van der Waals surface area contributed by atoms with Gasteiger partial charge in [0.25, 0.3) is 0 Å². The second-order valence-electron chi connectivity index (χ2n) is 5.95. The number of imidazole rings is 1. The zero-order chi connectivity index (χ0) is 15.6. The minimum absolute atomic E-state index is 0.266. The van der Waals surface area contributed by atoms with Crippen LogP contribution < -0.4 is 0 Å². The molecule has 1 aromatic carbocycles. The molecule has 0 saturated carbocycles. The SMILES string of the molecule is CCCCn1c(CN2CCS(=O)(=O)CC2)nc2ccccc21. The first kappa shape index (κ1) is 15.5. The van der Waals surface area contributed by atoms with Crippen LogP contribution in [0, 0.1) is 0 Å². The Morgan fingerprint density at radius 1 is 1.18 bits per heavy atom. The van der Waals surface area contributed by atoms with Crippen molar-refractivity contribution in [3.63, 3.8) is 0 Å². The Kier molecular flexibility index (Phi) is 4.49. The van der Waals surface area contributed by atoms with E-state index in [0.717, 1.165) is 37.3 Å². The van der Waals surface area contributed by atoms with Crippen LogP contribution in [-0.2, 0) is 22.9 Å². The van der Waals surface area contributed by atoms with Crippen LogP contribution in [0.5, 0.6) is 0 Å². The van der Waals surface area contributed by atoms with E-state index in [1.807, 2.05) is 18.2 Å². The van der Waals surface area contributed by atoms with E-state index in [2.05, 4.69) is 22.5 Å². The van der Waals surface area contributed by atoms with Gasteiger partial charge in [-0.15, -0.1) is 0 Å². The predicted octanol–water partition coefficient (Wildman–Crippen LogP) is 2.07. The molecule has 1 aliphatic heterocycles. The van der Waals surface area contributed by atoms with E-state index in [-0.39, 0.29) is 11.5 Å². The average molecular weight is 321 g/mol. The lowest BCUT2D eigenvalue weighted by Crippen LogP contribution is -2.40. The molecule has 0 radical (unpaired) electrons. The first-order valence-electron chi connectivity index (χ1n) is 7.96. The van der Waals surface area contributed by atoms with E-state index >= 15 is 0 Å². The summed E-state index contributed by atoms with van der Waals surface area (Å²) < 4.78 is 25.4. The van der Waals surface area contributed by atoms with E-state index in [4.69, 9.17) is 4.98 Å². The fourth-order valence-electron chi connectivity index (χ4n) is 2.92. The van der Waals surface area contributed by atoms with Gasteiger partial charge < -0.3 is 4.57 Å².